The quantitative estimate of drug-likeness (QED) is 0.595. The average Bonchev–Trinajstić information content (AvgIpc) is 3.08. The lowest BCUT2D eigenvalue weighted by Crippen LogP contribution is -2.41. The van der Waals surface area contributed by atoms with Crippen LogP contribution in [0.4, 0.5) is 10.5 Å². The Labute approximate surface area is 164 Å². The summed E-state index contributed by atoms with van der Waals surface area (Å²) >= 11 is 1.71. The van der Waals surface area contributed by atoms with Crippen LogP contribution < -0.4 is 5.32 Å². The molecular formula is C22H25N3OS. The van der Waals surface area contributed by atoms with Crippen LogP contribution in [-0.2, 0) is 0 Å². The smallest absolute Gasteiger partial charge is 0.315 e. The summed E-state index contributed by atoms with van der Waals surface area (Å²) in [6, 6.07) is 12.5. The molecule has 4 rings (SSSR count). The highest BCUT2D eigenvalue weighted by Crippen LogP contribution is 2.36. The summed E-state index contributed by atoms with van der Waals surface area (Å²) in [6.07, 6.45) is 3.15. The number of nitrogens with zero attached hydrogens (tertiary/aromatic N) is 2. The lowest BCUT2D eigenvalue weighted by atomic mass is 10.0. The highest BCUT2D eigenvalue weighted by atomic mass is 32.1. The maximum Gasteiger partial charge on any atom is 0.322 e. The first kappa shape index (κ1) is 18.0. The van der Waals surface area contributed by atoms with Crippen molar-refractivity contribution in [2.45, 2.75) is 46.1 Å². The highest BCUT2D eigenvalue weighted by Gasteiger charge is 2.30. The van der Waals surface area contributed by atoms with Gasteiger partial charge in [-0.2, -0.15) is 0 Å². The van der Waals surface area contributed by atoms with Gasteiger partial charge < -0.3 is 10.2 Å². The SMILES string of the molecule is Cc1cc(C)c(NC(=O)N2CCCCC2c2nc3ccccc3s2)c(C)c1. The van der Waals surface area contributed by atoms with Gasteiger partial charge in [-0.1, -0.05) is 29.8 Å². The Hall–Kier alpha value is -2.40. The number of aryl methyl sites for hydroxylation is 3. The summed E-state index contributed by atoms with van der Waals surface area (Å²) in [4.78, 5) is 19.9. The van der Waals surface area contributed by atoms with Gasteiger partial charge in [-0.25, -0.2) is 9.78 Å². The molecule has 4 nitrogen and oxygen atoms in total. The van der Waals surface area contributed by atoms with E-state index < -0.39 is 0 Å². The van der Waals surface area contributed by atoms with Gasteiger partial charge in [0, 0.05) is 12.2 Å². The predicted molar refractivity (Wildman–Crippen MR) is 113 cm³/mol. The molecule has 2 heterocycles. The molecule has 1 atom stereocenters. The van der Waals surface area contributed by atoms with Crippen molar-refractivity contribution in [3.63, 3.8) is 0 Å². The number of aromatic nitrogens is 1. The van der Waals surface area contributed by atoms with Gasteiger partial charge >= 0.3 is 6.03 Å². The second-order valence-corrected chi connectivity index (χ2v) is 8.49. The Balaban J connectivity index is 1.61. The molecule has 1 aromatic heterocycles. The molecule has 1 N–H and O–H groups in total. The fourth-order valence-electron chi connectivity index (χ4n) is 4.02. The number of carbonyl (C=O) groups is 1. The van der Waals surface area contributed by atoms with Crippen LogP contribution in [0.1, 0.15) is 47.0 Å². The molecular weight excluding hydrogens is 354 g/mol. The fraction of sp³-hybridized carbons (Fsp3) is 0.364. The van der Waals surface area contributed by atoms with E-state index in [1.165, 1.54) is 10.3 Å². The summed E-state index contributed by atoms with van der Waals surface area (Å²) in [5, 5.41) is 4.22. The molecule has 5 heteroatoms. The number of rotatable bonds is 2. The number of likely N-dealkylation sites (tertiary alicyclic amines) is 1. The molecule has 2 aromatic carbocycles. The molecule has 0 saturated carbocycles. The predicted octanol–water partition coefficient (Wildman–Crippen LogP) is 5.98. The highest BCUT2D eigenvalue weighted by molar-refractivity contribution is 7.18. The largest absolute Gasteiger partial charge is 0.322 e. The summed E-state index contributed by atoms with van der Waals surface area (Å²) in [7, 11) is 0. The molecule has 140 valence electrons. The molecule has 0 aliphatic carbocycles. The molecule has 0 spiro atoms. The van der Waals surface area contributed by atoms with Gasteiger partial charge in [0.25, 0.3) is 0 Å². The lowest BCUT2D eigenvalue weighted by molar-refractivity contribution is 0.163. The second kappa shape index (κ2) is 7.31. The number of nitrogens with one attached hydrogen (secondary N) is 1. The van der Waals surface area contributed by atoms with Crippen LogP contribution in [0.5, 0.6) is 0 Å². The van der Waals surface area contributed by atoms with Crippen molar-refractivity contribution in [1.82, 2.24) is 9.88 Å². The summed E-state index contributed by atoms with van der Waals surface area (Å²) in [5.74, 6) is 0. The molecule has 2 amide bonds. The molecule has 3 aromatic rings. The minimum Gasteiger partial charge on any atom is -0.315 e. The van der Waals surface area contributed by atoms with Crippen LogP contribution in [0.15, 0.2) is 36.4 Å². The standard InChI is InChI=1S/C22H25N3OS/c1-14-12-15(2)20(16(3)13-14)24-22(26)25-11-7-6-9-18(25)21-23-17-8-4-5-10-19(17)27-21/h4-5,8,10,12-13,18H,6-7,9,11H2,1-3H3,(H,24,26). The Kier molecular flexibility index (Phi) is 4.87. The molecule has 27 heavy (non-hydrogen) atoms. The number of urea groups is 1. The van der Waals surface area contributed by atoms with Gasteiger partial charge in [0.1, 0.15) is 5.01 Å². The maximum absolute atomic E-state index is 13.1. The van der Waals surface area contributed by atoms with Crippen molar-refractivity contribution in [3.05, 3.63) is 58.1 Å². The van der Waals surface area contributed by atoms with Crippen molar-refractivity contribution in [2.24, 2.45) is 0 Å². The zero-order valence-electron chi connectivity index (χ0n) is 16.1. The Morgan fingerprint density at radius 3 is 2.63 bits per heavy atom. The number of fused-ring (bicyclic) bond motifs is 1. The minimum atomic E-state index is -0.0194. The van der Waals surface area contributed by atoms with Crippen LogP contribution in [0.2, 0.25) is 0 Å². The lowest BCUT2D eigenvalue weighted by Gasteiger charge is -2.34. The molecule has 0 radical (unpaired) electrons. The third kappa shape index (κ3) is 3.56. The first-order valence-electron chi connectivity index (χ1n) is 9.54. The van der Waals surface area contributed by atoms with Crippen LogP contribution in [0.25, 0.3) is 10.2 Å². The van der Waals surface area contributed by atoms with Gasteiger partial charge in [0.15, 0.2) is 0 Å². The number of para-hydroxylation sites is 1. The first-order valence-corrected chi connectivity index (χ1v) is 10.4. The Morgan fingerprint density at radius 2 is 1.89 bits per heavy atom. The van der Waals surface area contributed by atoms with E-state index in [9.17, 15) is 4.79 Å². The van der Waals surface area contributed by atoms with E-state index in [0.29, 0.717) is 0 Å². The summed E-state index contributed by atoms with van der Waals surface area (Å²) in [5.41, 5.74) is 5.38. The van der Waals surface area contributed by atoms with Gasteiger partial charge in [-0.15, -0.1) is 11.3 Å². The number of benzene rings is 2. The number of amides is 2. The number of thiazole rings is 1. The number of piperidine rings is 1. The number of carbonyl (C=O) groups excluding carboxylic acids is 1. The summed E-state index contributed by atoms with van der Waals surface area (Å²) < 4.78 is 1.18. The second-order valence-electron chi connectivity index (χ2n) is 7.43. The molecule has 1 fully saturated rings. The van der Waals surface area contributed by atoms with E-state index >= 15 is 0 Å². The van der Waals surface area contributed by atoms with E-state index in [0.717, 1.165) is 53.1 Å². The molecule has 1 aliphatic heterocycles. The normalized spacial score (nSPS) is 17.3. The van der Waals surface area contributed by atoms with Crippen LogP contribution in [-0.4, -0.2) is 22.5 Å². The van der Waals surface area contributed by atoms with E-state index in [1.54, 1.807) is 11.3 Å². The Bertz CT molecular complexity index is 938. The van der Waals surface area contributed by atoms with Gasteiger partial charge in [0.05, 0.1) is 16.3 Å². The van der Waals surface area contributed by atoms with Crippen molar-refractivity contribution in [1.29, 1.82) is 0 Å². The number of hydrogen-bond donors (Lipinski definition) is 1. The zero-order valence-corrected chi connectivity index (χ0v) is 16.9. The zero-order chi connectivity index (χ0) is 19.0. The van der Waals surface area contributed by atoms with Crippen molar-refractivity contribution in [2.75, 3.05) is 11.9 Å². The molecule has 1 aliphatic rings. The monoisotopic (exact) mass is 379 g/mol. The fourth-order valence-corrected chi connectivity index (χ4v) is 5.14. The maximum atomic E-state index is 13.1. The molecule has 1 unspecified atom stereocenters. The van der Waals surface area contributed by atoms with E-state index in [2.05, 4.69) is 44.3 Å². The molecule has 0 bridgehead atoms. The van der Waals surface area contributed by atoms with Crippen LogP contribution >= 0.6 is 11.3 Å². The van der Waals surface area contributed by atoms with Crippen molar-refractivity contribution < 1.29 is 4.79 Å². The summed E-state index contributed by atoms with van der Waals surface area (Å²) in [6.45, 7) is 6.96. The number of anilines is 1. The van der Waals surface area contributed by atoms with E-state index in [-0.39, 0.29) is 12.1 Å². The topological polar surface area (TPSA) is 45.2 Å². The van der Waals surface area contributed by atoms with Gasteiger partial charge in [-0.3, -0.25) is 0 Å². The van der Waals surface area contributed by atoms with Crippen molar-refractivity contribution in [3.8, 4) is 0 Å². The average molecular weight is 380 g/mol. The third-order valence-electron chi connectivity index (χ3n) is 5.27. The minimum absolute atomic E-state index is 0.0194. The molecule has 1 saturated heterocycles. The van der Waals surface area contributed by atoms with E-state index in [4.69, 9.17) is 4.98 Å². The van der Waals surface area contributed by atoms with Crippen LogP contribution in [0.3, 0.4) is 0 Å². The number of hydrogen-bond acceptors (Lipinski definition) is 3. The van der Waals surface area contributed by atoms with Gasteiger partial charge in [-0.05, 0) is 63.3 Å². The van der Waals surface area contributed by atoms with Crippen LogP contribution in [0, 0.1) is 20.8 Å². The first-order chi connectivity index (χ1) is 13.0. The van der Waals surface area contributed by atoms with Crippen molar-refractivity contribution >= 4 is 33.3 Å². The Morgan fingerprint density at radius 1 is 1.15 bits per heavy atom. The van der Waals surface area contributed by atoms with Gasteiger partial charge in [0.2, 0.25) is 0 Å². The third-order valence-corrected chi connectivity index (χ3v) is 6.41. The van der Waals surface area contributed by atoms with E-state index in [1.807, 2.05) is 23.1 Å².